The van der Waals surface area contributed by atoms with Crippen LogP contribution >= 0.6 is 12.4 Å². The van der Waals surface area contributed by atoms with Gasteiger partial charge in [-0.1, -0.05) is 19.1 Å². The molecule has 22 heavy (non-hydrogen) atoms. The summed E-state index contributed by atoms with van der Waals surface area (Å²) in [6.07, 6.45) is 2.07. The van der Waals surface area contributed by atoms with Crippen LogP contribution in [0.25, 0.3) is 0 Å². The van der Waals surface area contributed by atoms with Crippen LogP contribution in [0.4, 0.5) is 0 Å². The van der Waals surface area contributed by atoms with Crippen LogP contribution in [0.2, 0.25) is 0 Å². The molecule has 1 fully saturated rings. The number of halogens is 1. The average Bonchev–Trinajstić information content (AvgIpc) is 2.52. The lowest BCUT2D eigenvalue weighted by Gasteiger charge is -2.32. The van der Waals surface area contributed by atoms with E-state index in [0.717, 1.165) is 44.1 Å². The van der Waals surface area contributed by atoms with Gasteiger partial charge in [-0.3, -0.25) is 0 Å². The Kier molecular flexibility index (Phi) is 9.28. The second-order valence-corrected chi connectivity index (χ2v) is 5.64. The maximum Gasteiger partial charge on any atom is 0.161 e. The zero-order chi connectivity index (χ0) is 14.9. The van der Waals surface area contributed by atoms with Gasteiger partial charge in [-0.2, -0.15) is 0 Å². The summed E-state index contributed by atoms with van der Waals surface area (Å²) in [6.45, 7) is 9.41. The molecule has 1 aromatic carbocycles. The minimum absolute atomic E-state index is 0. The van der Waals surface area contributed by atoms with Gasteiger partial charge in [0.15, 0.2) is 11.5 Å². The highest BCUT2D eigenvalue weighted by atomic mass is 35.5. The first-order chi connectivity index (χ1) is 10.3. The molecule has 0 aromatic heterocycles. The molecule has 0 amide bonds. The Hall–Kier alpha value is -0.970. The first-order valence-corrected chi connectivity index (χ1v) is 8.05. The predicted molar refractivity (Wildman–Crippen MR) is 93.5 cm³/mol. The van der Waals surface area contributed by atoms with Gasteiger partial charge in [0.2, 0.25) is 0 Å². The number of likely N-dealkylation sites (N-methyl/N-ethyl adjacent to an activating group) is 1. The highest BCUT2D eigenvalue weighted by molar-refractivity contribution is 5.85. The molecule has 0 aliphatic carbocycles. The van der Waals surface area contributed by atoms with E-state index in [1.165, 1.54) is 26.2 Å². The van der Waals surface area contributed by atoms with Crippen molar-refractivity contribution < 1.29 is 9.47 Å². The second kappa shape index (κ2) is 10.7. The van der Waals surface area contributed by atoms with Crippen molar-refractivity contribution in [2.24, 2.45) is 0 Å². The molecule has 0 spiro atoms. The summed E-state index contributed by atoms with van der Waals surface area (Å²) in [7, 11) is 2.19. The molecule has 0 saturated carbocycles. The van der Waals surface area contributed by atoms with Crippen molar-refractivity contribution in [3.8, 4) is 11.5 Å². The Bertz CT molecular complexity index is 409. The van der Waals surface area contributed by atoms with Gasteiger partial charge in [0.1, 0.15) is 0 Å². The fourth-order valence-corrected chi connectivity index (χ4v) is 2.44. The van der Waals surface area contributed by atoms with Gasteiger partial charge in [-0.05, 0) is 32.0 Å². The van der Waals surface area contributed by atoms with Gasteiger partial charge in [0.25, 0.3) is 0 Å². The van der Waals surface area contributed by atoms with Gasteiger partial charge in [-0.15, -0.1) is 12.4 Å². The maximum atomic E-state index is 5.88. The second-order valence-electron chi connectivity index (χ2n) is 5.64. The molecular weight excluding hydrogens is 300 g/mol. The molecule has 0 unspecified atom stereocenters. The van der Waals surface area contributed by atoms with Crippen LogP contribution in [0.15, 0.2) is 24.3 Å². The number of ether oxygens (including phenoxy) is 2. The number of rotatable bonds is 8. The Morgan fingerprint density at radius 3 is 2.14 bits per heavy atom. The van der Waals surface area contributed by atoms with Crippen LogP contribution < -0.4 is 9.47 Å². The lowest BCUT2D eigenvalue weighted by molar-refractivity contribution is 0.145. The third kappa shape index (κ3) is 6.42. The van der Waals surface area contributed by atoms with Crippen LogP contribution in [0.1, 0.15) is 19.8 Å². The minimum Gasteiger partial charge on any atom is -0.490 e. The number of para-hydroxylation sites is 2. The SMILES string of the molecule is CCCOc1ccccc1OCCCN1CCN(C)CC1.Cl. The molecule has 1 saturated heterocycles. The smallest absolute Gasteiger partial charge is 0.161 e. The van der Waals surface area contributed by atoms with Crippen LogP contribution in [-0.4, -0.2) is 62.8 Å². The van der Waals surface area contributed by atoms with Gasteiger partial charge in [0.05, 0.1) is 13.2 Å². The van der Waals surface area contributed by atoms with Gasteiger partial charge < -0.3 is 19.3 Å². The van der Waals surface area contributed by atoms with E-state index in [0.29, 0.717) is 0 Å². The van der Waals surface area contributed by atoms with E-state index in [1.54, 1.807) is 0 Å². The number of piperazine rings is 1. The number of hydrogen-bond donors (Lipinski definition) is 0. The molecule has 1 aromatic rings. The average molecular weight is 329 g/mol. The zero-order valence-electron chi connectivity index (χ0n) is 13.8. The summed E-state index contributed by atoms with van der Waals surface area (Å²) in [5.41, 5.74) is 0. The van der Waals surface area contributed by atoms with E-state index in [2.05, 4.69) is 23.8 Å². The Morgan fingerprint density at radius 1 is 0.955 bits per heavy atom. The van der Waals surface area contributed by atoms with E-state index in [4.69, 9.17) is 9.47 Å². The van der Waals surface area contributed by atoms with Crippen LogP contribution in [0, 0.1) is 0 Å². The molecule has 4 nitrogen and oxygen atoms in total. The van der Waals surface area contributed by atoms with Crippen LogP contribution in [0.5, 0.6) is 11.5 Å². The summed E-state index contributed by atoms with van der Waals surface area (Å²) in [6, 6.07) is 7.95. The molecule has 1 heterocycles. The normalized spacial score (nSPS) is 16.1. The van der Waals surface area contributed by atoms with Crippen LogP contribution in [0.3, 0.4) is 0 Å². The predicted octanol–water partition coefficient (Wildman–Crippen LogP) is 2.91. The molecular formula is C17H29ClN2O2. The highest BCUT2D eigenvalue weighted by Gasteiger charge is 2.13. The number of benzene rings is 1. The molecule has 0 N–H and O–H groups in total. The summed E-state index contributed by atoms with van der Waals surface area (Å²) in [5.74, 6) is 1.73. The molecule has 0 radical (unpaired) electrons. The van der Waals surface area contributed by atoms with E-state index >= 15 is 0 Å². The quantitative estimate of drug-likeness (QED) is 0.685. The lowest BCUT2D eigenvalue weighted by Crippen LogP contribution is -2.44. The fourth-order valence-electron chi connectivity index (χ4n) is 2.44. The fraction of sp³-hybridized carbons (Fsp3) is 0.647. The van der Waals surface area contributed by atoms with E-state index in [9.17, 15) is 0 Å². The Balaban J connectivity index is 0.00000242. The summed E-state index contributed by atoms with van der Waals surface area (Å²) in [5, 5.41) is 0. The van der Waals surface area contributed by atoms with Crippen molar-refractivity contribution in [2.75, 3.05) is 53.0 Å². The van der Waals surface area contributed by atoms with Crippen molar-refractivity contribution in [1.82, 2.24) is 9.80 Å². The lowest BCUT2D eigenvalue weighted by atomic mass is 10.3. The minimum atomic E-state index is 0. The summed E-state index contributed by atoms with van der Waals surface area (Å²) >= 11 is 0. The van der Waals surface area contributed by atoms with Gasteiger partial charge in [0, 0.05) is 32.7 Å². The van der Waals surface area contributed by atoms with Crippen molar-refractivity contribution in [2.45, 2.75) is 19.8 Å². The molecule has 1 aliphatic rings. The molecule has 0 atom stereocenters. The van der Waals surface area contributed by atoms with Gasteiger partial charge >= 0.3 is 0 Å². The van der Waals surface area contributed by atoms with E-state index in [1.807, 2.05) is 24.3 Å². The van der Waals surface area contributed by atoms with E-state index in [-0.39, 0.29) is 12.4 Å². The number of hydrogen-bond acceptors (Lipinski definition) is 4. The largest absolute Gasteiger partial charge is 0.490 e. The molecule has 126 valence electrons. The molecule has 2 rings (SSSR count). The molecule has 1 aliphatic heterocycles. The standard InChI is InChI=1S/C17H28N2O2.ClH/c1-3-14-20-16-7-4-5-8-17(16)21-15-6-9-19-12-10-18(2)11-13-19;/h4-5,7-8H,3,6,9-15H2,1-2H3;1H. The third-order valence-electron chi connectivity index (χ3n) is 3.78. The monoisotopic (exact) mass is 328 g/mol. The Morgan fingerprint density at radius 2 is 1.55 bits per heavy atom. The first kappa shape index (κ1) is 19.1. The van der Waals surface area contributed by atoms with Crippen molar-refractivity contribution in [1.29, 1.82) is 0 Å². The molecule has 5 heteroatoms. The first-order valence-electron chi connectivity index (χ1n) is 8.05. The zero-order valence-corrected chi connectivity index (χ0v) is 14.6. The molecule has 0 bridgehead atoms. The topological polar surface area (TPSA) is 24.9 Å². The van der Waals surface area contributed by atoms with Crippen LogP contribution in [-0.2, 0) is 0 Å². The highest BCUT2D eigenvalue weighted by Crippen LogP contribution is 2.26. The van der Waals surface area contributed by atoms with Crippen molar-refractivity contribution >= 4 is 12.4 Å². The summed E-state index contributed by atoms with van der Waals surface area (Å²) in [4.78, 5) is 4.90. The summed E-state index contributed by atoms with van der Waals surface area (Å²) < 4.78 is 11.6. The van der Waals surface area contributed by atoms with E-state index < -0.39 is 0 Å². The van der Waals surface area contributed by atoms with Gasteiger partial charge in [-0.25, -0.2) is 0 Å². The maximum absolute atomic E-state index is 5.88. The third-order valence-corrected chi connectivity index (χ3v) is 3.78. The number of nitrogens with zero attached hydrogens (tertiary/aromatic N) is 2. The Labute approximate surface area is 140 Å². The van der Waals surface area contributed by atoms with Crippen molar-refractivity contribution in [3.05, 3.63) is 24.3 Å². The van der Waals surface area contributed by atoms with Crippen molar-refractivity contribution in [3.63, 3.8) is 0 Å².